The van der Waals surface area contributed by atoms with Crippen LogP contribution in [0.3, 0.4) is 0 Å². The van der Waals surface area contributed by atoms with E-state index >= 15 is 0 Å². The van der Waals surface area contributed by atoms with Crippen LogP contribution in [0.2, 0.25) is 5.02 Å². The zero-order valence-corrected chi connectivity index (χ0v) is 26.3. The highest BCUT2D eigenvalue weighted by molar-refractivity contribution is 8.03. The highest BCUT2D eigenvalue weighted by Crippen LogP contribution is 2.52. The van der Waals surface area contributed by atoms with Crippen molar-refractivity contribution in [2.24, 2.45) is 21.1 Å². The highest BCUT2D eigenvalue weighted by atomic mass is 35.5. The number of nitrogens with two attached hydrogens (primary N) is 1. The molecular formula is C28H33ClN8O3S2. The van der Waals surface area contributed by atoms with Gasteiger partial charge in [0.15, 0.2) is 5.82 Å². The molecule has 4 N–H and O–H groups in total. The lowest BCUT2D eigenvalue weighted by Crippen LogP contribution is -2.48. The fourth-order valence-corrected chi connectivity index (χ4v) is 7.56. The Balaban J connectivity index is 1.31. The first-order chi connectivity index (χ1) is 19.9. The van der Waals surface area contributed by atoms with E-state index in [0.717, 1.165) is 43.9 Å². The minimum Gasteiger partial charge on any atom is -0.444 e. The van der Waals surface area contributed by atoms with Crippen molar-refractivity contribution >= 4 is 64.2 Å². The van der Waals surface area contributed by atoms with E-state index in [9.17, 15) is 9.59 Å². The molecule has 11 nitrogen and oxygen atoms in total. The van der Waals surface area contributed by atoms with Crippen LogP contribution in [-0.2, 0) is 11.2 Å². The predicted octanol–water partition coefficient (Wildman–Crippen LogP) is 5.23. The topological polar surface area (TPSA) is 151 Å². The smallest absolute Gasteiger partial charge is 0.408 e. The van der Waals surface area contributed by atoms with Gasteiger partial charge in [0.2, 0.25) is 0 Å². The number of hydrogen-bond acceptors (Lipinski definition) is 10. The van der Waals surface area contributed by atoms with E-state index in [1.807, 2.05) is 33.2 Å². The van der Waals surface area contributed by atoms with Gasteiger partial charge in [0.05, 0.1) is 39.5 Å². The SMILES string of the molecule is C=N/C(Sc1ccc2nc[nH]c(=O)c2c1Cl)=C(/N)N=C(C)N1CCC2(CC1)Cc1scnc1[C@H]2NC(=O)OC(C)(C)C. The van der Waals surface area contributed by atoms with Crippen LogP contribution in [0.5, 0.6) is 0 Å². The van der Waals surface area contributed by atoms with Crippen LogP contribution >= 0.6 is 34.7 Å². The second-order valence-corrected chi connectivity index (χ2v) is 13.7. The molecule has 1 atom stereocenters. The molecule has 1 aliphatic heterocycles. The number of nitrogens with one attached hydrogen (secondary N) is 2. The summed E-state index contributed by atoms with van der Waals surface area (Å²) in [5.74, 6) is 0.942. The summed E-state index contributed by atoms with van der Waals surface area (Å²) >= 11 is 9.37. The van der Waals surface area contributed by atoms with Crippen LogP contribution in [0.15, 0.2) is 54.5 Å². The molecule has 1 saturated heterocycles. The molecule has 14 heteroatoms. The molecule has 5 rings (SSSR count). The molecule has 1 fully saturated rings. The number of fused-ring (bicyclic) bond motifs is 2. The zero-order valence-electron chi connectivity index (χ0n) is 23.9. The Kier molecular flexibility index (Phi) is 8.37. The maximum atomic E-state index is 12.7. The number of H-pyrrole nitrogens is 1. The summed E-state index contributed by atoms with van der Waals surface area (Å²) in [6.07, 6.45) is 3.45. The van der Waals surface area contributed by atoms with Crippen molar-refractivity contribution < 1.29 is 9.53 Å². The number of carbonyl (C=O) groups excluding carboxylic acids is 1. The van der Waals surface area contributed by atoms with E-state index in [1.54, 1.807) is 23.5 Å². The quantitative estimate of drug-likeness (QED) is 0.197. The number of rotatable bonds is 5. The molecule has 222 valence electrons. The van der Waals surface area contributed by atoms with Gasteiger partial charge in [0.1, 0.15) is 16.5 Å². The number of piperidine rings is 1. The van der Waals surface area contributed by atoms with Crippen molar-refractivity contribution in [3.8, 4) is 0 Å². The van der Waals surface area contributed by atoms with E-state index < -0.39 is 11.7 Å². The van der Waals surface area contributed by atoms with Crippen molar-refractivity contribution in [1.29, 1.82) is 0 Å². The van der Waals surface area contributed by atoms with Gasteiger partial charge in [-0.3, -0.25) is 9.79 Å². The van der Waals surface area contributed by atoms with E-state index in [1.165, 1.54) is 23.0 Å². The summed E-state index contributed by atoms with van der Waals surface area (Å²) in [6, 6.07) is 3.27. The third kappa shape index (κ3) is 6.04. The van der Waals surface area contributed by atoms with Crippen LogP contribution < -0.4 is 16.6 Å². The summed E-state index contributed by atoms with van der Waals surface area (Å²) < 4.78 is 5.57. The Labute approximate surface area is 256 Å². The number of ether oxygens (including phenoxy) is 1. The summed E-state index contributed by atoms with van der Waals surface area (Å²) in [5, 5.41) is 4.06. The third-order valence-electron chi connectivity index (χ3n) is 7.51. The van der Waals surface area contributed by atoms with Gasteiger partial charge in [0, 0.05) is 28.3 Å². The Morgan fingerprint density at radius 2 is 2.07 bits per heavy atom. The van der Waals surface area contributed by atoms with E-state index in [4.69, 9.17) is 22.1 Å². The first-order valence-corrected chi connectivity index (χ1v) is 15.5. The summed E-state index contributed by atoms with van der Waals surface area (Å²) in [6.45, 7) is 12.6. The largest absolute Gasteiger partial charge is 0.444 e. The number of benzene rings is 1. The van der Waals surface area contributed by atoms with Gasteiger partial charge >= 0.3 is 6.09 Å². The van der Waals surface area contributed by atoms with Crippen molar-refractivity contribution in [2.45, 2.75) is 63.5 Å². The molecule has 1 aromatic carbocycles. The molecule has 0 unspecified atom stereocenters. The van der Waals surface area contributed by atoms with Crippen LogP contribution in [-0.4, -0.2) is 57.2 Å². The molecular weight excluding hydrogens is 596 g/mol. The maximum absolute atomic E-state index is 12.7. The lowest BCUT2D eigenvalue weighted by atomic mass is 9.73. The monoisotopic (exact) mass is 628 g/mol. The maximum Gasteiger partial charge on any atom is 0.408 e. The third-order valence-corrected chi connectivity index (χ3v) is 9.96. The number of likely N-dealkylation sites (tertiary alicyclic amines) is 1. The molecule has 2 aliphatic rings. The second kappa shape index (κ2) is 11.7. The fraction of sp³-hybridized carbons (Fsp3) is 0.429. The van der Waals surface area contributed by atoms with E-state index in [2.05, 4.69) is 41.9 Å². The zero-order chi connectivity index (χ0) is 30.2. The number of halogens is 1. The molecule has 0 radical (unpaired) electrons. The van der Waals surface area contributed by atoms with Crippen molar-refractivity contribution in [3.63, 3.8) is 0 Å². The standard InChI is InChI=1S/C28H33ClN8O3S2/c1-15(35-23(30)25(31-5)42-17-7-6-16-19(20(17)29)24(38)33-13-32-16)37-10-8-28(9-11-37)12-18-21(34-14-41-18)22(28)36-26(39)40-27(2,3)4/h6-7,13-14,22H,5,8-12,30H2,1-4H3,(H,36,39)(H,32,33,38)/b25-23+,35-15?/t22-/m1/s1. The molecule has 1 aliphatic carbocycles. The Hall–Kier alpha value is -3.42. The number of thioether (sulfide) groups is 1. The summed E-state index contributed by atoms with van der Waals surface area (Å²) in [7, 11) is 0. The average Bonchev–Trinajstić information content (AvgIpc) is 3.47. The minimum absolute atomic E-state index is 0.145. The van der Waals surface area contributed by atoms with Crippen LogP contribution in [0.4, 0.5) is 4.79 Å². The number of aromatic nitrogens is 3. The number of hydrogen-bond donors (Lipinski definition) is 3. The van der Waals surface area contributed by atoms with Gasteiger partial charge in [-0.1, -0.05) is 23.4 Å². The number of amidine groups is 1. The number of alkyl carbamates (subject to hydrolysis) is 1. The Morgan fingerprint density at radius 3 is 2.76 bits per heavy atom. The minimum atomic E-state index is -0.586. The van der Waals surface area contributed by atoms with Crippen LogP contribution in [0.25, 0.3) is 10.9 Å². The van der Waals surface area contributed by atoms with Crippen molar-refractivity contribution in [1.82, 2.24) is 25.2 Å². The van der Waals surface area contributed by atoms with Gasteiger partial charge in [0.25, 0.3) is 5.56 Å². The molecule has 3 heterocycles. The number of amides is 1. The first-order valence-electron chi connectivity index (χ1n) is 13.4. The molecule has 0 bridgehead atoms. The molecule has 0 saturated carbocycles. The first kappa shape index (κ1) is 30.1. The highest BCUT2D eigenvalue weighted by Gasteiger charge is 2.50. The van der Waals surface area contributed by atoms with Gasteiger partial charge in [-0.2, -0.15) is 0 Å². The van der Waals surface area contributed by atoms with Crippen molar-refractivity contribution in [3.05, 3.63) is 60.8 Å². The predicted molar refractivity (Wildman–Crippen MR) is 168 cm³/mol. The number of thiazole rings is 1. The Morgan fingerprint density at radius 1 is 1.33 bits per heavy atom. The van der Waals surface area contributed by atoms with Gasteiger partial charge in [-0.05, 0) is 65.8 Å². The van der Waals surface area contributed by atoms with Crippen LogP contribution in [0, 0.1) is 5.41 Å². The molecule has 2 aromatic heterocycles. The normalized spacial score (nSPS) is 19.0. The number of carbonyl (C=O) groups is 1. The second-order valence-electron chi connectivity index (χ2n) is 11.4. The average molecular weight is 629 g/mol. The summed E-state index contributed by atoms with van der Waals surface area (Å²) in [4.78, 5) is 49.1. The number of aromatic amines is 1. The number of nitrogens with zero attached hydrogens (tertiary/aromatic N) is 5. The van der Waals surface area contributed by atoms with E-state index in [0.29, 0.717) is 20.8 Å². The lowest BCUT2D eigenvalue weighted by molar-refractivity contribution is 0.0389. The molecule has 1 spiro atoms. The lowest BCUT2D eigenvalue weighted by Gasteiger charge is -2.43. The van der Waals surface area contributed by atoms with Crippen LogP contribution in [0.1, 0.15) is 57.1 Å². The molecule has 1 amide bonds. The Bertz CT molecular complexity index is 1650. The molecule has 3 aromatic rings. The van der Waals surface area contributed by atoms with Gasteiger partial charge < -0.3 is 25.7 Å². The van der Waals surface area contributed by atoms with Crippen molar-refractivity contribution in [2.75, 3.05) is 13.1 Å². The summed E-state index contributed by atoms with van der Waals surface area (Å²) in [5.41, 5.74) is 8.60. The van der Waals surface area contributed by atoms with Gasteiger partial charge in [-0.15, -0.1) is 11.3 Å². The molecule has 42 heavy (non-hydrogen) atoms. The number of aliphatic imine (C=N–C) groups is 2. The van der Waals surface area contributed by atoms with E-state index in [-0.39, 0.29) is 27.9 Å². The van der Waals surface area contributed by atoms with Gasteiger partial charge in [-0.25, -0.2) is 19.8 Å². The fourth-order valence-electron chi connectivity index (χ4n) is 5.49.